The molecule has 4 aromatic rings. The van der Waals surface area contributed by atoms with Crippen molar-refractivity contribution in [3.05, 3.63) is 76.4 Å². The normalized spacial score (nSPS) is 12.0. The maximum absolute atomic E-state index is 12.2. The Balaban J connectivity index is 1.34. The Hall–Kier alpha value is -3.94. The molecule has 8 nitrogen and oxygen atoms in total. The molecular weight excluding hydrogens is 386 g/mol. The van der Waals surface area contributed by atoms with Crippen LogP contribution in [0.2, 0.25) is 0 Å². The monoisotopic (exact) mass is 405 g/mol. The van der Waals surface area contributed by atoms with E-state index < -0.39 is 18.5 Å². The number of esters is 1. The number of para-hydroxylation sites is 1. The molecule has 2 N–H and O–H groups in total. The summed E-state index contributed by atoms with van der Waals surface area (Å²) in [6, 6.07) is 15.9. The molecule has 0 unspecified atom stereocenters. The molecule has 2 heterocycles. The quantitative estimate of drug-likeness (QED) is 0.477. The minimum absolute atomic E-state index is 0.163. The number of aromatic nitrogens is 2. The van der Waals surface area contributed by atoms with Gasteiger partial charge in [0, 0.05) is 10.8 Å². The number of amides is 1. The Bertz CT molecular complexity index is 1260. The first-order valence-electron chi connectivity index (χ1n) is 9.41. The molecule has 0 spiro atoms. The van der Waals surface area contributed by atoms with E-state index >= 15 is 0 Å². The van der Waals surface area contributed by atoms with Crippen LogP contribution in [0.5, 0.6) is 0 Å². The van der Waals surface area contributed by atoms with Crippen molar-refractivity contribution in [1.82, 2.24) is 15.5 Å². The highest BCUT2D eigenvalue weighted by molar-refractivity contribution is 5.87. The van der Waals surface area contributed by atoms with Crippen molar-refractivity contribution < 1.29 is 18.7 Å². The number of ether oxygens (including phenoxy) is 1. The first-order valence-corrected chi connectivity index (χ1v) is 9.41. The summed E-state index contributed by atoms with van der Waals surface area (Å²) in [5, 5.41) is 11.0. The molecule has 1 amide bonds. The van der Waals surface area contributed by atoms with Gasteiger partial charge in [-0.15, -0.1) is 0 Å². The second-order valence-corrected chi connectivity index (χ2v) is 6.86. The van der Waals surface area contributed by atoms with E-state index in [1.807, 2.05) is 30.3 Å². The van der Waals surface area contributed by atoms with E-state index in [2.05, 4.69) is 15.5 Å². The van der Waals surface area contributed by atoms with Crippen LogP contribution in [0.15, 0.2) is 63.8 Å². The number of benzene rings is 2. The van der Waals surface area contributed by atoms with Crippen LogP contribution < -0.4 is 10.9 Å². The first kappa shape index (κ1) is 19.4. The number of furan rings is 1. The van der Waals surface area contributed by atoms with Gasteiger partial charge < -0.3 is 14.5 Å². The molecule has 4 rings (SSSR count). The van der Waals surface area contributed by atoms with Gasteiger partial charge in [0.2, 0.25) is 0 Å². The smallest absolute Gasteiger partial charge is 0.312 e. The lowest BCUT2D eigenvalue weighted by Crippen LogP contribution is -2.31. The molecule has 1 atom stereocenters. The van der Waals surface area contributed by atoms with Gasteiger partial charge >= 0.3 is 5.97 Å². The van der Waals surface area contributed by atoms with E-state index in [4.69, 9.17) is 9.15 Å². The average molecular weight is 405 g/mol. The van der Waals surface area contributed by atoms with Crippen LogP contribution in [0.1, 0.15) is 24.4 Å². The second-order valence-electron chi connectivity index (χ2n) is 6.86. The van der Waals surface area contributed by atoms with Crippen LogP contribution in [0.4, 0.5) is 0 Å². The Morgan fingerprint density at radius 1 is 1.13 bits per heavy atom. The fraction of sp³-hybridized carbons (Fsp3) is 0.182. The van der Waals surface area contributed by atoms with Crippen molar-refractivity contribution in [3.63, 3.8) is 0 Å². The SMILES string of the molecule is C[C@H](NC(=O)COC(=O)Cc1n[nH]c(=O)c2ccccc12)c1cc2ccccc2o1. The van der Waals surface area contributed by atoms with Gasteiger partial charge in [0.1, 0.15) is 11.3 Å². The zero-order valence-corrected chi connectivity index (χ0v) is 16.2. The Labute approximate surface area is 170 Å². The maximum atomic E-state index is 12.2. The zero-order valence-electron chi connectivity index (χ0n) is 16.2. The van der Waals surface area contributed by atoms with E-state index in [9.17, 15) is 14.4 Å². The molecule has 0 aliphatic heterocycles. The highest BCUT2D eigenvalue weighted by Crippen LogP contribution is 2.23. The molecule has 0 fully saturated rings. The Kier molecular flexibility index (Phi) is 5.30. The third kappa shape index (κ3) is 4.07. The summed E-state index contributed by atoms with van der Waals surface area (Å²) in [5.74, 6) is -0.457. The standard InChI is InChI=1S/C22H19N3O5/c1-13(19-10-14-6-2-5-9-18(14)30-19)23-20(26)12-29-21(27)11-17-15-7-3-4-8-16(15)22(28)25-24-17/h2-10,13H,11-12H2,1H3,(H,23,26)(H,25,28)/t13-/m0/s1. The number of aromatic amines is 1. The summed E-state index contributed by atoms with van der Waals surface area (Å²) < 4.78 is 10.8. The van der Waals surface area contributed by atoms with Crippen molar-refractivity contribution in [2.75, 3.05) is 6.61 Å². The molecule has 0 saturated carbocycles. The zero-order chi connectivity index (χ0) is 21.1. The van der Waals surface area contributed by atoms with Crippen LogP contribution in [0, 0.1) is 0 Å². The molecule has 0 radical (unpaired) electrons. The molecule has 0 bridgehead atoms. The molecule has 2 aromatic heterocycles. The molecule has 8 heteroatoms. The second kappa shape index (κ2) is 8.20. The number of carbonyl (C=O) groups excluding carboxylic acids is 2. The number of rotatable bonds is 6. The van der Waals surface area contributed by atoms with Crippen LogP contribution in [-0.4, -0.2) is 28.7 Å². The van der Waals surface area contributed by atoms with E-state index in [1.165, 1.54) is 0 Å². The summed E-state index contributed by atoms with van der Waals surface area (Å²) in [6.45, 7) is 1.36. The molecule has 0 aliphatic rings. The lowest BCUT2D eigenvalue weighted by atomic mass is 10.1. The molecule has 0 aliphatic carbocycles. The van der Waals surface area contributed by atoms with E-state index in [1.54, 1.807) is 31.2 Å². The van der Waals surface area contributed by atoms with E-state index in [0.29, 0.717) is 22.2 Å². The Morgan fingerprint density at radius 3 is 2.67 bits per heavy atom. The number of hydrogen-bond donors (Lipinski definition) is 2. The number of nitrogens with one attached hydrogen (secondary N) is 2. The van der Waals surface area contributed by atoms with Crippen molar-refractivity contribution in [2.24, 2.45) is 0 Å². The van der Waals surface area contributed by atoms with Gasteiger partial charge in [-0.05, 0) is 25.1 Å². The van der Waals surface area contributed by atoms with Crippen molar-refractivity contribution in [1.29, 1.82) is 0 Å². The van der Waals surface area contributed by atoms with E-state index in [-0.39, 0.29) is 18.0 Å². The Morgan fingerprint density at radius 2 is 1.87 bits per heavy atom. The fourth-order valence-electron chi connectivity index (χ4n) is 3.21. The highest BCUT2D eigenvalue weighted by Gasteiger charge is 2.17. The minimum atomic E-state index is -0.619. The maximum Gasteiger partial charge on any atom is 0.312 e. The third-order valence-electron chi connectivity index (χ3n) is 4.70. The topological polar surface area (TPSA) is 114 Å². The molecule has 152 valence electrons. The fourth-order valence-corrected chi connectivity index (χ4v) is 3.21. The van der Waals surface area contributed by atoms with Gasteiger partial charge in [0.05, 0.1) is 23.5 Å². The summed E-state index contributed by atoms with van der Waals surface area (Å²) in [4.78, 5) is 36.1. The molecule has 2 aromatic carbocycles. The van der Waals surface area contributed by atoms with Gasteiger partial charge in [-0.2, -0.15) is 5.10 Å². The summed E-state index contributed by atoms with van der Waals surface area (Å²) >= 11 is 0. The van der Waals surface area contributed by atoms with Gasteiger partial charge in [-0.3, -0.25) is 14.4 Å². The minimum Gasteiger partial charge on any atom is -0.459 e. The lowest BCUT2D eigenvalue weighted by Gasteiger charge is -2.11. The van der Waals surface area contributed by atoms with Gasteiger partial charge in [-0.25, -0.2) is 5.10 Å². The van der Waals surface area contributed by atoms with Gasteiger partial charge in [0.15, 0.2) is 6.61 Å². The predicted molar refractivity (Wildman–Crippen MR) is 110 cm³/mol. The number of hydrogen-bond acceptors (Lipinski definition) is 6. The number of H-pyrrole nitrogens is 1. The summed E-state index contributed by atoms with van der Waals surface area (Å²) in [6.07, 6.45) is -0.163. The van der Waals surface area contributed by atoms with Crippen LogP contribution in [-0.2, 0) is 20.7 Å². The van der Waals surface area contributed by atoms with Gasteiger partial charge in [-0.1, -0.05) is 36.4 Å². The third-order valence-corrected chi connectivity index (χ3v) is 4.70. The highest BCUT2D eigenvalue weighted by atomic mass is 16.5. The average Bonchev–Trinajstić information content (AvgIpc) is 3.19. The van der Waals surface area contributed by atoms with E-state index in [0.717, 1.165) is 11.0 Å². The largest absolute Gasteiger partial charge is 0.459 e. The number of nitrogens with zero attached hydrogens (tertiary/aromatic N) is 1. The van der Waals surface area contributed by atoms with Crippen LogP contribution in [0.25, 0.3) is 21.7 Å². The number of carbonyl (C=O) groups is 2. The first-order chi connectivity index (χ1) is 14.5. The summed E-state index contributed by atoms with van der Waals surface area (Å²) in [5.41, 5.74) is 0.786. The lowest BCUT2D eigenvalue weighted by molar-refractivity contribution is -0.148. The van der Waals surface area contributed by atoms with Gasteiger partial charge in [0.25, 0.3) is 11.5 Å². The molecule has 30 heavy (non-hydrogen) atoms. The van der Waals surface area contributed by atoms with Crippen molar-refractivity contribution >= 4 is 33.6 Å². The molecular formula is C22H19N3O5. The van der Waals surface area contributed by atoms with Crippen molar-refractivity contribution in [2.45, 2.75) is 19.4 Å². The van der Waals surface area contributed by atoms with Crippen LogP contribution >= 0.6 is 0 Å². The molecule has 0 saturated heterocycles. The number of fused-ring (bicyclic) bond motifs is 2. The summed E-state index contributed by atoms with van der Waals surface area (Å²) in [7, 11) is 0. The van der Waals surface area contributed by atoms with Crippen molar-refractivity contribution in [3.8, 4) is 0 Å². The van der Waals surface area contributed by atoms with Crippen LogP contribution in [0.3, 0.4) is 0 Å². The predicted octanol–water partition coefficient (Wildman–Crippen LogP) is 2.63.